The number of benzene rings is 3. The van der Waals surface area contributed by atoms with Crippen LogP contribution < -0.4 is 9.64 Å². The number of ether oxygens (including phenoxy) is 1. The first-order valence-electron chi connectivity index (χ1n) is 14.2. The minimum absolute atomic E-state index is 0. The number of pyridine rings is 2. The Bertz CT molecular complexity index is 2170. The molecule has 0 saturated heterocycles. The Balaban J connectivity index is 0.00000312. The largest absolute Gasteiger partial charge is 0.509 e. The average molecular weight is 716 g/mol. The maximum atomic E-state index is 7.88. The summed E-state index contributed by atoms with van der Waals surface area (Å²) in [7, 11) is 0. The van der Waals surface area contributed by atoms with Crippen molar-refractivity contribution in [2.75, 3.05) is 4.90 Å². The monoisotopic (exact) mass is 715 g/mol. The quantitative estimate of drug-likeness (QED) is 0.180. The molecule has 4 aromatic heterocycles. The van der Waals surface area contributed by atoms with Gasteiger partial charge in [-0.05, 0) is 60.5 Å². The summed E-state index contributed by atoms with van der Waals surface area (Å²) >= 11 is 0. The minimum atomic E-state index is -2.26. The normalized spacial score (nSPS) is 13.4. The van der Waals surface area contributed by atoms with Crippen LogP contribution in [-0.4, -0.2) is 24.1 Å². The van der Waals surface area contributed by atoms with Crippen LogP contribution in [-0.2, 0) is 21.1 Å². The van der Waals surface area contributed by atoms with Gasteiger partial charge in [-0.3, -0.25) is 4.98 Å². The van der Waals surface area contributed by atoms with Gasteiger partial charge in [-0.2, -0.15) is 12.1 Å². The number of nitrogens with zero attached hydrogens (tertiary/aromatic N) is 6. The molecule has 3 aromatic carbocycles. The second-order valence-corrected chi connectivity index (χ2v) is 9.38. The van der Waals surface area contributed by atoms with Crippen molar-refractivity contribution in [3.63, 3.8) is 0 Å². The van der Waals surface area contributed by atoms with Gasteiger partial charge in [0.1, 0.15) is 5.82 Å². The molecule has 0 radical (unpaired) electrons. The van der Waals surface area contributed by atoms with Crippen molar-refractivity contribution in [1.82, 2.24) is 24.1 Å². The van der Waals surface area contributed by atoms with Gasteiger partial charge in [0.2, 0.25) is 0 Å². The number of fused-ring (bicyclic) bond motifs is 6. The molecule has 0 amide bonds. The summed E-state index contributed by atoms with van der Waals surface area (Å²) in [6.45, 7) is -0.284. The molecule has 1 aliphatic rings. The topological polar surface area (TPSA) is 61.0 Å². The zero-order chi connectivity index (χ0) is 29.1. The number of aromatic nitrogens is 5. The van der Waals surface area contributed by atoms with Crippen molar-refractivity contribution >= 4 is 33.2 Å². The van der Waals surface area contributed by atoms with Crippen LogP contribution in [0.5, 0.6) is 11.5 Å². The van der Waals surface area contributed by atoms with Gasteiger partial charge in [0, 0.05) is 72.3 Å². The van der Waals surface area contributed by atoms with Crippen LogP contribution in [0.2, 0.25) is 0 Å². The Hall–Kier alpha value is -4.87. The van der Waals surface area contributed by atoms with E-state index in [2.05, 4.69) is 44.1 Å². The van der Waals surface area contributed by atoms with E-state index >= 15 is 0 Å². The van der Waals surface area contributed by atoms with E-state index < -0.39 is 6.85 Å². The van der Waals surface area contributed by atoms with Gasteiger partial charge in [-0.25, -0.2) is 4.98 Å². The van der Waals surface area contributed by atoms with Crippen molar-refractivity contribution in [2.24, 2.45) is 0 Å². The third-order valence-electron chi connectivity index (χ3n) is 6.97. The smallest absolute Gasteiger partial charge is 0.135 e. The molecule has 8 rings (SSSR count). The molecule has 5 heterocycles. The van der Waals surface area contributed by atoms with Crippen LogP contribution in [0.15, 0.2) is 104 Å². The van der Waals surface area contributed by atoms with Crippen molar-refractivity contribution in [2.45, 2.75) is 6.85 Å². The number of para-hydroxylation sites is 1. The SMILES string of the molecule is [2H]C([2H])([2H])c1ccnc(-n2c3[c-]c(Oc4[c-]c(N5[CH-]n6ccnc6-c6ccccc65)ccc4)ccc3c3cnccc32)c1.[Pt]. The first-order valence-corrected chi connectivity index (χ1v) is 12.7. The van der Waals surface area contributed by atoms with Gasteiger partial charge in [-0.15, -0.1) is 35.7 Å². The van der Waals surface area contributed by atoms with E-state index in [1.165, 1.54) is 12.3 Å². The van der Waals surface area contributed by atoms with Crippen molar-refractivity contribution in [3.05, 3.63) is 128 Å². The average Bonchev–Trinajstić information content (AvgIpc) is 3.63. The summed E-state index contributed by atoms with van der Waals surface area (Å²) in [6.07, 6.45) is 8.70. The summed E-state index contributed by atoms with van der Waals surface area (Å²) in [4.78, 5) is 15.4. The molecular formula is C33H21N6OPt-3. The summed E-state index contributed by atoms with van der Waals surface area (Å²) < 4.78 is 33.8. The van der Waals surface area contributed by atoms with E-state index in [1.807, 2.05) is 70.5 Å². The molecule has 0 bridgehead atoms. The van der Waals surface area contributed by atoms with Gasteiger partial charge in [-0.1, -0.05) is 35.6 Å². The molecule has 0 spiro atoms. The fourth-order valence-corrected chi connectivity index (χ4v) is 5.23. The number of imidazole rings is 1. The minimum Gasteiger partial charge on any atom is -0.509 e. The second-order valence-electron chi connectivity index (χ2n) is 9.38. The molecule has 202 valence electrons. The van der Waals surface area contributed by atoms with E-state index in [0.29, 0.717) is 22.8 Å². The maximum Gasteiger partial charge on any atom is 0.135 e. The Morgan fingerprint density at radius 3 is 2.76 bits per heavy atom. The van der Waals surface area contributed by atoms with Crippen LogP contribution in [0.4, 0.5) is 11.4 Å². The van der Waals surface area contributed by atoms with E-state index in [4.69, 9.17) is 8.85 Å². The molecule has 0 unspecified atom stereocenters. The Kier molecular flexibility index (Phi) is 5.31. The van der Waals surface area contributed by atoms with E-state index in [1.54, 1.807) is 24.7 Å². The number of anilines is 2. The van der Waals surface area contributed by atoms with Crippen LogP contribution in [0.1, 0.15) is 9.68 Å². The standard InChI is InChI=1S/C33H21N6O.Pt/c1-22-11-14-35-32(17-22)39-30-12-13-34-20-28(30)26-10-9-25(19-31(26)39)40-24-6-4-5-23(18-24)38-21-37-16-15-36-33(37)27-7-2-3-8-29(27)38;/h2-17,20-21H,1H3;/q-3;/i1D3;. The molecule has 0 atom stereocenters. The summed E-state index contributed by atoms with van der Waals surface area (Å²) in [5.41, 5.74) is 4.55. The second kappa shape index (κ2) is 9.95. The molecule has 0 saturated carbocycles. The molecular weight excluding hydrogens is 691 g/mol. The fraction of sp³-hybridized carbons (Fsp3) is 0.0303. The fourth-order valence-electron chi connectivity index (χ4n) is 5.23. The van der Waals surface area contributed by atoms with E-state index in [0.717, 1.165) is 39.1 Å². The molecule has 0 fully saturated rings. The zero-order valence-electron chi connectivity index (χ0n) is 24.3. The van der Waals surface area contributed by atoms with Crippen LogP contribution in [0.3, 0.4) is 0 Å². The number of hydrogen-bond acceptors (Lipinski definition) is 5. The molecule has 1 aliphatic heterocycles. The summed E-state index contributed by atoms with van der Waals surface area (Å²) in [5, 5.41) is 1.79. The van der Waals surface area contributed by atoms with Crippen LogP contribution >= 0.6 is 0 Å². The van der Waals surface area contributed by atoms with Gasteiger partial charge < -0.3 is 23.8 Å². The first kappa shape index (κ1) is 21.9. The molecule has 7 nitrogen and oxygen atoms in total. The van der Waals surface area contributed by atoms with Crippen molar-refractivity contribution < 1.29 is 29.9 Å². The molecule has 41 heavy (non-hydrogen) atoms. The van der Waals surface area contributed by atoms with E-state index in [-0.39, 0.29) is 26.6 Å². The summed E-state index contributed by atoms with van der Waals surface area (Å²) in [5.74, 6) is 2.35. The Labute approximate surface area is 255 Å². The molecule has 7 aromatic rings. The Morgan fingerprint density at radius 1 is 0.878 bits per heavy atom. The van der Waals surface area contributed by atoms with Crippen LogP contribution in [0, 0.1) is 25.7 Å². The van der Waals surface area contributed by atoms with E-state index in [9.17, 15) is 0 Å². The first-order chi connectivity index (χ1) is 20.9. The summed E-state index contributed by atoms with van der Waals surface area (Å²) in [6, 6.07) is 29.4. The zero-order valence-corrected chi connectivity index (χ0v) is 23.6. The van der Waals surface area contributed by atoms with Gasteiger partial charge in [0.25, 0.3) is 0 Å². The maximum absolute atomic E-state index is 7.88. The van der Waals surface area contributed by atoms with Crippen LogP contribution in [0.25, 0.3) is 39.0 Å². The molecule has 0 N–H and O–H groups in total. The third-order valence-corrected chi connectivity index (χ3v) is 6.97. The molecule has 8 heteroatoms. The molecule has 0 aliphatic carbocycles. The number of rotatable bonds is 4. The van der Waals surface area contributed by atoms with Gasteiger partial charge in [0.05, 0.1) is 0 Å². The predicted octanol–water partition coefficient (Wildman–Crippen LogP) is 7.25. The predicted molar refractivity (Wildman–Crippen MR) is 155 cm³/mol. The van der Waals surface area contributed by atoms with Crippen molar-refractivity contribution in [1.29, 1.82) is 0 Å². The van der Waals surface area contributed by atoms with Gasteiger partial charge >= 0.3 is 0 Å². The number of aryl methyl sites for hydroxylation is 1. The van der Waals surface area contributed by atoms with Gasteiger partial charge in [0.15, 0.2) is 0 Å². The number of hydrogen-bond donors (Lipinski definition) is 0. The van der Waals surface area contributed by atoms with Crippen molar-refractivity contribution in [3.8, 4) is 28.7 Å². The Morgan fingerprint density at radius 2 is 1.80 bits per heavy atom. The third kappa shape index (κ3) is 4.17.